The third-order valence-corrected chi connectivity index (χ3v) is 2.44. The third-order valence-electron chi connectivity index (χ3n) is 2.44. The highest BCUT2D eigenvalue weighted by Crippen LogP contribution is 2.15. The third kappa shape index (κ3) is 1.99. The predicted octanol–water partition coefficient (Wildman–Crippen LogP) is 0.721. The van der Waals surface area contributed by atoms with E-state index in [1.165, 1.54) is 6.92 Å². The highest BCUT2D eigenvalue weighted by atomic mass is 16.2. The van der Waals surface area contributed by atoms with Crippen LogP contribution >= 0.6 is 0 Å². The van der Waals surface area contributed by atoms with Crippen LogP contribution in [0.2, 0.25) is 0 Å². The van der Waals surface area contributed by atoms with E-state index in [1.807, 2.05) is 6.92 Å². The van der Waals surface area contributed by atoms with E-state index in [0.29, 0.717) is 6.54 Å². The Hall–Kier alpha value is -1.06. The van der Waals surface area contributed by atoms with Gasteiger partial charge in [-0.3, -0.25) is 4.79 Å². The van der Waals surface area contributed by atoms with Crippen LogP contribution in [0.25, 0.3) is 0 Å². The van der Waals surface area contributed by atoms with Gasteiger partial charge in [0.15, 0.2) is 0 Å². The molecule has 0 spiro atoms. The summed E-state index contributed by atoms with van der Waals surface area (Å²) in [6.45, 7) is 4.49. The van der Waals surface area contributed by atoms with E-state index in [-0.39, 0.29) is 24.4 Å². The Morgan fingerprint density at radius 1 is 1.62 bits per heavy atom. The van der Waals surface area contributed by atoms with Gasteiger partial charge in [-0.1, -0.05) is 6.92 Å². The molecule has 4 heteroatoms. The summed E-state index contributed by atoms with van der Waals surface area (Å²) in [4.78, 5) is 25.7. The fourth-order valence-electron chi connectivity index (χ4n) is 1.64. The molecule has 1 fully saturated rings. The summed E-state index contributed by atoms with van der Waals surface area (Å²) in [5.74, 6) is 0.0403. The Morgan fingerprint density at radius 2 is 2.23 bits per heavy atom. The molecule has 1 aliphatic heterocycles. The van der Waals surface area contributed by atoms with Gasteiger partial charge < -0.3 is 9.80 Å². The molecule has 0 N–H and O–H groups in total. The molecule has 0 aromatic heterocycles. The lowest BCUT2D eigenvalue weighted by Crippen LogP contribution is -2.33. The largest absolute Gasteiger partial charge is 0.323 e. The van der Waals surface area contributed by atoms with E-state index in [0.717, 1.165) is 6.42 Å². The van der Waals surface area contributed by atoms with Crippen molar-refractivity contribution in [3.05, 3.63) is 0 Å². The summed E-state index contributed by atoms with van der Waals surface area (Å²) < 4.78 is 0. The van der Waals surface area contributed by atoms with Crippen molar-refractivity contribution in [2.45, 2.75) is 26.3 Å². The van der Waals surface area contributed by atoms with Crippen LogP contribution in [-0.2, 0) is 4.79 Å². The summed E-state index contributed by atoms with van der Waals surface area (Å²) in [7, 11) is 1.79. The average Bonchev–Trinajstić information content (AvgIpc) is 2.32. The fraction of sp³-hybridized carbons (Fsp3) is 0.778. The quantitative estimate of drug-likeness (QED) is 0.648. The summed E-state index contributed by atoms with van der Waals surface area (Å²) in [5.41, 5.74) is 0. The van der Waals surface area contributed by atoms with Crippen LogP contribution < -0.4 is 0 Å². The molecule has 13 heavy (non-hydrogen) atoms. The molecule has 1 aliphatic rings. The molecule has 0 saturated carbocycles. The molecule has 4 nitrogen and oxygen atoms in total. The van der Waals surface area contributed by atoms with Crippen molar-refractivity contribution >= 4 is 11.8 Å². The van der Waals surface area contributed by atoms with Gasteiger partial charge in [0.25, 0.3) is 0 Å². The molecule has 1 rings (SSSR count). The van der Waals surface area contributed by atoms with Crippen molar-refractivity contribution in [1.29, 1.82) is 0 Å². The number of urea groups is 1. The SMILES string of the molecule is CCC1CN(CC(C)=O)C(=O)N1C. The molecular weight excluding hydrogens is 168 g/mol. The second-order valence-corrected chi connectivity index (χ2v) is 3.54. The first-order valence-electron chi connectivity index (χ1n) is 4.57. The average molecular weight is 184 g/mol. The van der Waals surface area contributed by atoms with Gasteiger partial charge in [-0.2, -0.15) is 0 Å². The minimum Gasteiger partial charge on any atom is -0.323 e. The first kappa shape index (κ1) is 10.0. The minimum absolute atomic E-state index is 0.0259. The number of amides is 2. The van der Waals surface area contributed by atoms with E-state index < -0.39 is 0 Å². The van der Waals surface area contributed by atoms with Crippen LogP contribution in [0.1, 0.15) is 20.3 Å². The zero-order valence-electron chi connectivity index (χ0n) is 8.41. The molecule has 2 amide bonds. The van der Waals surface area contributed by atoms with E-state index in [2.05, 4.69) is 0 Å². The molecule has 74 valence electrons. The molecule has 1 saturated heterocycles. The van der Waals surface area contributed by atoms with Gasteiger partial charge >= 0.3 is 6.03 Å². The lowest BCUT2D eigenvalue weighted by atomic mass is 10.2. The maximum Gasteiger partial charge on any atom is 0.320 e. The van der Waals surface area contributed by atoms with Crippen molar-refractivity contribution in [3.63, 3.8) is 0 Å². The van der Waals surface area contributed by atoms with Crippen molar-refractivity contribution in [1.82, 2.24) is 9.80 Å². The number of likely N-dealkylation sites (N-methyl/N-ethyl adjacent to an activating group) is 1. The first-order chi connectivity index (χ1) is 6.06. The summed E-state index contributed by atoms with van der Waals surface area (Å²) in [5, 5.41) is 0. The highest BCUT2D eigenvalue weighted by Gasteiger charge is 2.33. The molecule has 1 unspecified atom stereocenters. The highest BCUT2D eigenvalue weighted by molar-refractivity contribution is 5.85. The van der Waals surface area contributed by atoms with E-state index in [9.17, 15) is 9.59 Å². The lowest BCUT2D eigenvalue weighted by molar-refractivity contribution is -0.117. The van der Waals surface area contributed by atoms with E-state index in [4.69, 9.17) is 0 Å². The van der Waals surface area contributed by atoms with Gasteiger partial charge in [-0.25, -0.2) is 4.79 Å². The molecular formula is C9H16N2O2. The second-order valence-electron chi connectivity index (χ2n) is 3.54. The predicted molar refractivity (Wildman–Crippen MR) is 49.5 cm³/mol. The van der Waals surface area contributed by atoms with Gasteiger partial charge in [0.2, 0.25) is 0 Å². The Labute approximate surface area is 78.5 Å². The normalized spacial score (nSPS) is 22.7. The zero-order chi connectivity index (χ0) is 10.0. The molecule has 0 bridgehead atoms. The first-order valence-corrected chi connectivity index (χ1v) is 4.57. The van der Waals surface area contributed by atoms with Crippen molar-refractivity contribution in [2.75, 3.05) is 20.1 Å². The second kappa shape index (κ2) is 3.77. The number of nitrogens with zero attached hydrogens (tertiary/aromatic N) is 2. The van der Waals surface area contributed by atoms with Gasteiger partial charge in [0, 0.05) is 13.6 Å². The monoisotopic (exact) mass is 184 g/mol. The Balaban J connectivity index is 2.60. The van der Waals surface area contributed by atoms with Crippen molar-refractivity contribution in [2.24, 2.45) is 0 Å². The molecule has 0 aromatic carbocycles. The number of ketones is 1. The number of hydrogen-bond acceptors (Lipinski definition) is 2. The maximum atomic E-state index is 11.5. The van der Waals surface area contributed by atoms with Gasteiger partial charge in [0.1, 0.15) is 5.78 Å². The zero-order valence-corrected chi connectivity index (χ0v) is 8.41. The van der Waals surface area contributed by atoms with Crippen LogP contribution in [0, 0.1) is 0 Å². The smallest absolute Gasteiger partial charge is 0.320 e. The lowest BCUT2D eigenvalue weighted by Gasteiger charge is -2.15. The van der Waals surface area contributed by atoms with Crippen LogP contribution in [0.3, 0.4) is 0 Å². The van der Waals surface area contributed by atoms with E-state index in [1.54, 1.807) is 16.8 Å². The van der Waals surface area contributed by atoms with Crippen molar-refractivity contribution < 1.29 is 9.59 Å². The summed E-state index contributed by atoms with van der Waals surface area (Å²) in [6, 6.07) is 0.244. The van der Waals surface area contributed by atoms with Gasteiger partial charge in [-0.05, 0) is 13.3 Å². The Bertz CT molecular complexity index is 228. The Kier molecular flexibility index (Phi) is 2.90. The number of carbonyl (C=O) groups excluding carboxylic acids is 2. The summed E-state index contributed by atoms with van der Waals surface area (Å²) in [6.07, 6.45) is 0.941. The molecule has 0 aromatic rings. The van der Waals surface area contributed by atoms with Gasteiger partial charge in [0.05, 0.1) is 12.6 Å². The van der Waals surface area contributed by atoms with Crippen LogP contribution in [-0.4, -0.2) is 47.8 Å². The van der Waals surface area contributed by atoms with E-state index >= 15 is 0 Å². The molecule has 1 heterocycles. The number of hydrogen-bond donors (Lipinski definition) is 0. The fourth-order valence-corrected chi connectivity index (χ4v) is 1.64. The molecule has 0 radical (unpaired) electrons. The topological polar surface area (TPSA) is 40.6 Å². The summed E-state index contributed by atoms with van der Waals surface area (Å²) >= 11 is 0. The molecule has 1 atom stereocenters. The van der Waals surface area contributed by atoms with Crippen molar-refractivity contribution in [3.8, 4) is 0 Å². The molecule has 0 aliphatic carbocycles. The standard InChI is InChI=1S/C9H16N2O2/c1-4-8-6-11(5-7(2)12)9(13)10(8)3/h8H,4-6H2,1-3H3. The van der Waals surface area contributed by atoms with Gasteiger partial charge in [-0.15, -0.1) is 0 Å². The van der Waals surface area contributed by atoms with Crippen LogP contribution in [0.4, 0.5) is 4.79 Å². The van der Waals surface area contributed by atoms with Crippen LogP contribution in [0.5, 0.6) is 0 Å². The maximum absolute atomic E-state index is 11.5. The number of carbonyl (C=O) groups is 2. The van der Waals surface area contributed by atoms with Crippen LogP contribution in [0.15, 0.2) is 0 Å². The number of rotatable bonds is 3. The number of Topliss-reactive ketones (excluding diaryl/α,β-unsaturated/α-hetero) is 1. The minimum atomic E-state index is -0.0259. The Morgan fingerprint density at radius 3 is 2.62 bits per heavy atom.